The summed E-state index contributed by atoms with van der Waals surface area (Å²) in [6.45, 7) is 6.79. The quantitative estimate of drug-likeness (QED) is 0.133. The van der Waals surface area contributed by atoms with Crippen LogP contribution in [0.4, 0.5) is 0 Å². The van der Waals surface area contributed by atoms with Crippen molar-refractivity contribution in [3.8, 4) is 0 Å². The van der Waals surface area contributed by atoms with Gasteiger partial charge in [-0.25, -0.2) is 0 Å². The van der Waals surface area contributed by atoms with Crippen LogP contribution in [0.2, 0.25) is 13.3 Å². The maximum atomic E-state index is 12.5. The summed E-state index contributed by atoms with van der Waals surface area (Å²) in [7, 11) is -0.115. The third-order valence-corrected chi connectivity index (χ3v) is 22.6. The van der Waals surface area contributed by atoms with Gasteiger partial charge in [-0.3, -0.25) is 0 Å². The number of rotatable bonds is 15. The molecule has 6 heteroatoms. The third kappa shape index (κ3) is 9.46. The maximum absolute atomic E-state index is 12.5. The molecule has 0 fully saturated rings. The Kier molecular flexibility index (Phi) is 15.2. The van der Waals surface area contributed by atoms with E-state index in [0.29, 0.717) is 6.16 Å². The first-order valence-corrected chi connectivity index (χ1v) is 19.3. The van der Waals surface area contributed by atoms with Crippen LogP contribution in [0, 0.1) is 0 Å². The van der Waals surface area contributed by atoms with Crippen molar-refractivity contribution in [1.29, 1.82) is 0 Å². The molecule has 0 aliphatic heterocycles. The summed E-state index contributed by atoms with van der Waals surface area (Å²) in [4.78, 5) is 0. The summed E-state index contributed by atoms with van der Waals surface area (Å²) in [6.07, 6.45) is 12.1. The van der Waals surface area contributed by atoms with Gasteiger partial charge in [-0.05, 0) is 0 Å². The van der Waals surface area contributed by atoms with Gasteiger partial charge in [-0.15, -0.1) is 0 Å². The molecule has 0 unspecified atom stereocenters. The second kappa shape index (κ2) is 14.7. The monoisotopic (exact) mass is 500 g/mol. The summed E-state index contributed by atoms with van der Waals surface area (Å²) in [5, 5.41) is 0. The van der Waals surface area contributed by atoms with Crippen molar-refractivity contribution in [3.63, 3.8) is 0 Å². The van der Waals surface area contributed by atoms with Crippen LogP contribution in [0.3, 0.4) is 0 Å². The Morgan fingerprint density at radius 3 is 1.72 bits per heavy atom. The van der Waals surface area contributed by atoms with Crippen molar-refractivity contribution in [2.45, 2.75) is 72.6 Å². The Labute approximate surface area is 165 Å². The molecular formula is C19H38ClO3PSn. The Hall–Kier alpha value is 0.719. The zero-order valence-corrected chi connectivity index (χ0v) is 21.4. The van der Waals surface area contributed by atoms with Crippen LogP contribution in [-0.4, -0.2) is 38.8 Å². The van der Waals surface area contributed by atoms with E-state index in [1.165, 1.54) is 69.6 Å². The Morgan fingerprint density at radius 2 is 1.40 bits per heavy atom. The van der Waals surface area contributed by atoms with Gasteiger partial charge < -0.3 is 0 Å². The summed E-state index contributed by atoms with van der Waals surface area (Å²) < 4.78 is 28.2. The first-order valence-electron chi connectivity index (χ1n) is 9.65. The summed E-state index contributed by atoms with van der Waals surface area (Å²) >= 11 is 3.42. The molecule has 0 radical (unpaired) electrons. The fourth-order valence-electron chi connectivity index (χ4n) is 3.32. The van der Waals surface area contributed by atoms with Crippen LogP contribution in [0.25, 0.3) is 0 Å². The number of hydrogen-bond acceptors (Lipinski definition) is 3. The first kappa shape index (κ1) is 25.7. The van der Waals surface area contributed by atoms with Crippen LogP contribution in [0.5, 0.6) is 0 Å². The van der Waals surface area contributed by atoms with Gasteiger partial charge in [0, 0.05) is 0 Å². The number of allylic oxidation sites excluding steroid dienone is 3. The second-order valence-electron chi connectivity index (χ2n) is 6.70. The summed E-state index contributed by atoms with van der Waals surface area (Å²) in [5.41, 5.74) is 1.63. The third-order valence-electron chi connectivity index (χ3n) is 4.97. The molecule has 0 aromatic rings. The van der Waals surface area contributed by atoms with Crippen LogP contribution in [0.1, 0.15) is 59.3 Å². The molecule has 0 saturated heterocycles. The standard InChI is InChI=1S/C7H11ClO3P.3C4H9.Sn/c1-10-12(9,11-2)7-5-3-4-6-8;3*1-3-4-2;/h4-6H,7H2,1-2H3;3*1,3-4H2,2H3;/b5-3?,6-4+;;;;. The fourth-order valence-corrected chi connectivity index (χ4v) is 21.3. The van der Waals surface area contributed by atoms with E-state index >= 15 is 0 Å². The minimum atomic E-state index is -3.03. The Balaban J connectivity index is 5.81. The first-order chi connectivity index (χ1) is 12.0. The minimum absolute atomic E-state index is 0.333. The van der Waals surface area contributed by atoms with E-state index in [2.05, 4.69) is 32.9 Å². The molecule has 0 N–H and O–H groups in total. The average Bonchev–Trinajstić information content (AvgIpc) is 2.64. The number of hydrogen-bond donors (Lipinski definition) is 0. The Bertz CT molecular complexity index is 422. The van der Waals surface area contributed by atoms with Gasteiger partial charge in [0.2, 0.25) is 0 Å². The predicted octanol–water partition coefficient (Wildman–Crippen LogP) is 7.54. The van der Waals surface area contributed by atoms with Crippen LogP contribution < -0.4 is 0 Å². The van der Waals surface area contributed by atoms with Crippen LogP contribution >= 0.6 is 19.2 Å². The topological polar surface area (TPSA) is 35.5 Å². The van der Waals surface area contributed by atoms with Crippen molar-refractivity contribution >= 4 is 37.6 Å². The molecule has 3 nitrogen and oxygen atoms in total. The molecule has 0 aromatic heterocycles. The molecule has 0 aromatic carbocycles. The molecule has 0 atom stereocenters. The van der Waals surface area contributed by atoms with Gasteiger partial charge in [-0.2, -0.15) is 0 Å². The van der Waals surface area contributed by atoms with Gasteiger partial charge in [0.1, 0.15) is 0 Å². The van der Waals surface area contributed by atoms with E-state index in [0.717, 1.165) is 0 Å². The molecule has 0 bridgehead atoms. The molecule has 0 spiro atoms. The molecular weight excluding hydrogens is 461 g/mol. The van der Waals surface area contributed by atoms with Crippen molar-refractivity contribution in [1.82, 2.24) is 0 Å². The normalized spacial score (nSPS) is 13.8. The van der Waals surface area contributed by atoms with Gasteiger partial charge >= 0.3 is 165 Å². The van der Waals surface area contributed by atoms with E-state index in [1.807, 2.05) is 0 Å². The van der Waals surface area contributed by atoms with Gasteiger partial charge in [0.05, 0.1) is 0 Å². The molecule has 0 aliphatic carbocycles. The zero-order valence-electron chi connectivity index (χ0n) is 16.9. The van der Waals surface area contributed by atoms with Crippen LogP contribution in [0.15, 0.2) is 21.3 Å². The molecule has 0 amide bonds. The molecule has 0 rings (SSSR count). The molecule has 25 heavy (non-hydrogen) atoms. The predicted molar refractivity (Wildman–Crippen MR) is 114 cm³/mol. The zero-order chi connectivity index (χ0) is 19.2. The molecule has 148 valence electrons. The van der Waals surface area contributed by atoms with Gasteiger partial charge in [0.25, 0.3) is 0 Å². The fraction of sp³-hybridized carbons (Fsp3) is 0.789. The molecule has 0 heterocycles. The summed E-state index contributed by atoms with van der Waals surface area (Å²) in [5.74, 6) is 0. The van der Waals surface area contributed by atoms with Crippen molar-refractivity contribution in [2.75, 3.05) is 20.4 Å². The van der Waals surface area contributed by atoms with Crippen LogP contribution in [-0.2, 0) is 13.6 Å². The molecule has 0 aliphatic rings. The van der Waals surface area contributed by atoms with E-state index in [9.17, 15) is 4.57 Å². The average molecular weight is 500 g/mol. The van der Waals surface area contributed by atoms with Gasteiger partial charge in [-0.1, -0.05) is 0 Å². The van der Waals surface area contributed by atoms with E-state index < -0.39 is 26.0 Å². The second-order valence-corrected chi connectivity index (χ2v) is 22.5. The van der Waals surface area contributed by atoms with E-state index in [-0.39, 0.29) is 0 Å². The van der Waals surface area contributed by atoms with Crippen molar-refractivity contribution in [2.24, 2.45) is 0 Å². The number of unbranched alkanes of at least 4 members (excludes halogenated alkanes) is 3. The van der Waals surface area contributed by atoms with E-state index in [1.54, 1.807) is 5.54 Å². The van der Waals surface area contributed by atoms with Crippen molar-refractivity contribution < 1.29 is 13.6 Å². The van der Waals surface area contributed by atoms with E-state index in [4.69, 9.17) is 20.6 Å². The SMILES string of the molecule is CCC[CH2][Sn]([CH2]CCC)([CH2]CCC)[C](/C=C/Cl)=C/CP(=O)(OC)OC. The Morgan fingerprint density at radius 1 is 0.960 bits per heavy atom. The number of halogens is 1. The summed E-state index contributed by atoms with van der Waals surface area (Å²) in [6, 6.07) is 0. The van der Waals surface area contributed by atoms with Crippen molar-refractivity contribution in [3.05, 3.63) is 21.3 Å². The van der Waals surface area contributed by atoms with Gasteiger partial charge in [0.15, 0.2) is 0 Å². The molecule has 0 saturated carbocycles.